The van der Waals surface area contributed by atoms with E-state index in [1.165, 1.54) is 17.6 Å². The van der Waals surface area contributed by atoms with Crippen LogP contribution in [0.3, 0.4) is 0 Å². The van der Waals surface area contributed by atoms with Gasteiger partial charge in [0.15, 0.2) is 0 Å². The van der Waals surface area contributed by atoms with Crippen molar-refractivity contribution >= 4 is 0 Å². The Kier molecular flexibility index (Phi) is 3.51. The number of hydrogen-bond acceptors (Lipinski definition) is 0. The molecule has 0 saturated heterocycles. The van der Waals surface area contributed by atoms with Crippen molar-refractivity contribution in [2.24, 2.45) is 0 Å². The molecule has 0 radical (unpaired) electrons. The Morgan fingerprint density at radius 2 is 1.79 bits per heavy atom. The van der Waals surface area contributed by atoms with E-state index in [0.717, 1.165) is 6.42 Å². The average Bonchev–Trinajstić information content (AvgIpc) is 2.16. The molecule has 76 valence electrons. The Balaban J connectivity index is 2.70. The van der Waals surface area contributed by atoms with Crippen molar-refractivity contribution in [1.29, 1.82) is 0 Å². The molecular weight excluding hydrogens is 168 g/mol. The summed E-state index contributed by atoms with van der Waals surface area (Å²) in [6.07, 6.45) is 2.29. The predicted octanol–water partition coefficient (Wildman–Crippen LogP) is 4.32. The largest absolute Gasteiger partial charge is 0.100 e. The van der Waals surface area contributed by atoms with Gasteiger partial charge in [-0.15, -0.1) is 6.58 Å². The van der Waals surface area contributed by atoms with Crippen LogP contribution in [0.15, 0.2) is 42.5 Å². The Hall–Kier alpha value is -1.04. The second-order valence-corrected chi connectivity index (χ2v) is 4.71. The fourth-order valence-electron chi connectivity index (χ4n) is 1.56. The van der Waals surface area contributed by atoms with Crippen LogP contribution in [0, 0.1) is 0 Å². The molecule has 0 aliphatic rings. The molecular formula is C14H20. The van der Waals surface area contributed by atoms with Crippen LogP contribution in [0.5, 0.6) is 0 Å². The van der Waals surface area contributed by atoms with Gasteiger partial charge in [0.25, 0.3) is 0 Å². The summed E-state index contributed by atoms with van der Waals surface area (Å²) < 4.78 is 0. The second kappa shape index (κ2) is 4.45. The first-order valence-corrected chi connectivity index (χ1v) is 5.22. The van der Waals surface area contributed by atoms with Gasteiger partial charge in [0, 0.05) is 0 Å². The van der Waals surface area contributed by atoms with Crippen LogP contribution in [-0.4, -0.2) is 0 Å². The minimum absolute atomic E-state index is 0.264. The number of hydrogen-bond donors (Lipinski definition) is 0. The monoisotopic (exact) mass is 188 g/mol. The van der Waals surface area contributed by atoms with Gasteiger partial charge in [0.1, 0.15) is 0 Å². The molecule has 0 spiro atoms. The zero-order valence-corrected chi connectivity index (χ0v) is 9.51. The summed E-state index contributed by atoms with van der Waals surface area (Å²) in [6.45, 7) is 10.6. The van der Waals surface area contributed by atoms with Gasteiger partial charge < -0.3 is 0 Å². The lowest BCUT2D eigenvalue weighted by Crippen LogP contribution is -2.16. The molecule has 0 aliphatic heterocycles. The Labute approximate surface area is 87.7 Å². The lowest BCUT2D eigenvalue weighted by molar-refractivity contribution is 0.479. The number of rotatable bonds is 4. The van der Waals surface area contributed by atoms with Crippen molar-refractivity contribution in [1.82, 2.24) is 0 Å². The average molecular weight is 188 g/mol. The van der Waals surface area contributed by atoms with Gasteiger partial charge in [0.2, 0.25) is 0 Å². The fraction of sp³-hybridized carbons (Fsp3) is 0.429. The van der Waals surface area contributed by atoms with E-state index in [4.69, 9.17) is 0 Å². The summed E-state index contributed by atoms with van der Waals surface area (Å²) in [6, 6.07) is 10.7. The number of allylic oxidation sites excluding steroid dienone is 1. The SMILES string of the molecule is C=C(C)CCC(C)(C)c1ccccc1. The minimum Gasteiger partial charge on any atom is -0.100 e. The van der Waals surface area contributed by atoms with Crippen LogP contribution in [-0.2, 0) is 5.41 Å². The zero-order valence-electron chi connectivity index (χ0n) is 9.51. The first kappa shape index (κ1) is 11.0. The molecule has 0 aromatic heterocycles. The summed E-state index contributed by atoms with van der Waals surface area (Å²) in [5.41, 5.74) is 2.95. The molecule has 0 nitrogen and oxygen atoms in total. The maximum atomic E-state index is 3.95. The third-order valence-corrected chi connectivity index (χ3v) is 2.73. The zero-order chi connectivity index (χ0) is 10.6. The topological polar surface area (TPSA) is 0 Å². The molecule has 0 bridgehead atoms. The molecule has 1 rings (SSSR count). The maximum Gasteiger partial charge on any atom is -0.0101 e. The quantitative estimate of drug-likeness (QED) is 0.617. The first-order chi connectivity index (χ1) is 6.52. The van der Waals surface area contributed by atoms with Gasteiger partial charge in [-0.1, -0.05) is 49.8 Å². The van der Waals surface area contributed by atoms with E-state index in [9.17, 15) is 0 Å². The maximum absolute atomic E-state index is 3.95. The lowest BCUT2D eigenvalue weighted by Gasteiger charge is -2.25. The van der Waals surface area contributed by atoms with E-state index in [0.29, 0.717) is 0 Å². The molecule has 0 saturated carbocycles. The molecule has 0 atom stereocenters. The molecule has 1 aromatic carbocycles. The molecule has 0 fully saturated rings. The molecule has 0 heterocycles. The second-order valence-electron chi connectivity index (χ2n) is 4.71. The molecule has 0 aliphatic carbocycles. The molecule has 0 heteroatoms. The van der Waals surface area contributed by atoms with Crippen molar-refractivity contribution in [3.8, 4) is 0 Å². The van der Waals surface area contributed by atoms with Crippen LogP contribution in [0.1, 0.15) is 39.2 Å². The molecule has 0 N–H and O–H groups in total. The Bertz CT molecular complexity index is 293. The van der Waals surface area contributed by atoms with Crippen LogP contribution in [0.2, 0.25) is 0 Å². The van der Waals surface area contributed by atoms with Gasteiger partial charge in [-0.25, -0.2) is 0 Å². The highest BCUT2D eigenvalue weighted by molar-refractivity contribution is 5.23. The number of benzene rings is 1. The highest BCUT2D eigenvalue weighted by Gasteiger charge is 2.19. The Morgan fingerprint density at radius 3 is 2.29 bits per heavy atom. The summed E-state index contributed by atoms with van der Waals surface area (Å²) in [7, 11) is 0. The smallest absolute Gasteiger partial charge is 0.0101 e. The van der Waals surface area contributed by atoms with Crippen molar-refractivity contribution in [2.75, 3.05) is 0 Å². The van der Waals surface area contributed by atoms with Crippen LogP contribution >= 0.6 is 0 Å². The fourth-order valence-corrected chi connectivity index (χ4v) is 1.56. The summed E-state index contributed by atoms with van der Waals surface area (Å²) in [5.74, 6) is 0. The molecule has 0 amide bonds. The molecule has 0 unspecified atom stereocenters. The van der Waals surface area contributed by atoms with E-state index in [1.807, 2.05) is 0 Å². The van der Waals surface area contributed by atoms with Gasteiger partial charge >= 0.3 is 0 Å². The van der Waals surface area contributed by atoms with E-state index < -0.39 is 0 Å². The Morgan fingerprint density at radius 1 is 1.21 bits per heavy atom. The van der Waals surface area contributed by atoms with Crippen molar-refractivity contribution in [2.45, 2.75) is 39.0 Å². The van der Waals surface area contributed by atoms with Crippen LogP contribution < -0.4 is 0 Å². The third-order valence-electron chi connectivity index (χ3n) is 2.73. The van der Waals surface area contributed by atoms with Crippen molar-refractivity contribution in [3.05, 3.63) is 48.0 Å². The predicted molar refractivity (Wildman–Crippen MR) is 63.5 cm³/mol. The van der Waals surface area contributed by atoms with Crippen molar-refractivity contribution < 1.29 is 0 Å². The lowest BCUT2D eigenvalue weighted by atomic mass is 9.80. The highest BCUT2D eigenvalue weighted by atomic mass is 14.2. The molecule has 1 aromatic rings. The standard InChI is InChI=1S/C14H20/c1-12(2)10-11-14(3,4)13-8-6-5-7-9-13/h5-9H,1,10-11H2,2-4H3. The summed E-state index contributed by atoms with van der Waals surface area (Å²) in [4.78, 5) is 0. The normalized spacial score (nSPS) is 11.4. The molecule has 14 heavy (non-hydrogen) atoms. The van der Waals surface area contributed by atoms with E-state index in [2.05, 4.69) is 57.7 Å². The van der Waals surface area contributed by atoms with Gasteiger partial charge in [0.05, 0.1) is 0 Å². The van der Waals surface area contributed by atoms with E-state index in [-0.39, 0.29) is 5.41 Å². The van der Waals surface area contributed by atoms with Crippen molar-refractivity contribution in [3.63, 3.8) is 0 Å². The first-order valence-electron chi connectivity index (χ1n) is 5.22. The third kappa shape index (κ3) is 3.02. The summed E-state index contributed by atoms with van der Waals surface area (Å²) in [5, 5.41) is 0. The van der Waals surface area contributed by atoms with E-state index >= 15 is 0 Å². The van der Waals surface area contributed by atoms with Gasteiger partial charge in [-0.2, -0.15) is 0 Å². The van der Waals surface area contributed by atoms with Crippen LogP contribution in [0.4, 0.5) is 0 Å². The minimum atomic E-state index is 0.264. The highest BCUT2D eigenvalue weighted by Crippen LogP contribution is 2.29. The summed E-state index contributed by atoms with van der Waals surface area (Å²) >= 11 is 0. The van der Waals surface area contributed by atoms with Gasteiger partial charge in [-0.05, 0) is 30.7 Å². The van der Waals surface area contributed by atoms with Crippen LogP contribution in [0.25, 0.3) is 0 Å². The van der Waals surface area contributed by atoms with Gasteiger partial charge in [-0.3, -0.25) is 0 Å². The van der Waals surface area contributed by atoms with E-state index in [1.54, 1.807) is 0 Å².